The van der Waals surface area contributed by atoms with Crippen molar-refractivity contribution in [2.75, 3.05) is 99.7 Å². The molecule has 13 nitrogen and oxygen atoms in total. The molecule has 0 spiro atoms. The van der Waals surface area contributed by atoms with Crippen LogP contribution in [-0.4, -0.2) is 165 Å². The van der Waals surface area contributed by atoms with Crippen LogP contribution in [0.5, 0.6) is 0 Å². The molecule has 13 rings (SSSR count). The third-order valence-electron chi connectivity index (χ3n) is 19.4. The lowest BCUT2D eigenvalue weighted by molar-refractivity contribution is -0.139. The minimum absolute atomic E-state index is 0.0280. The first-order valence-electron chi connectivity index (χ1n) is 36.0. The maximum absolute atomic E-state index is 14.0. The summed E-state index contributed by atoms with van der Waals surface area (Å²) in [5, 5.41) is 0. The molecule has 111 heavy (non-hydrogen) atoms. The molecule has 3 fully saturated rings. The van der Waals surface area contributed by atoms with Crippen LogP contribution in [0.4, 0.5) is 39.5 Å². The highest BCUT2D eigenvalue weighted by Gasteiger charge is 2.37. The molecule has 7 heterocycles. The van der Waals surface area contributed by atoms with Gasteiger partial charge in [-0.25, -0.2) is 9.97 Å². The Morgan fingerprint density at radius 2 is 0.874 bits per heavy atom. The smallest absolute Gasteiger partial charge is 0.304 e. The first-order valence-corrected chi connectivity index (χ1v) is 37.9. The fraction of sp³-hybridized carbons (Fsp3) is 0.322. The molecule has 0 atom stereocenters. The van der Waals surface area contributed by atoms with Gasteiger partial charge in [-0.15, -0.1) is 18.8 Å². The number of halogens is 11. The standard InChI is InChI=1S/C31H29F3N4O.C24H25F3N2O.C22H24F3IN2O.C7H5BrN2.C3H4/c1-22-6-8-25(19-24(22)10-11-27-20-35-30-5-3-4-12-38(27)30)29(39)18-23-7-9-26(28(17-23)31(32,33)34)21-37-15-13-36(2)14-16-37;1-4-19-15-20(7-5-17(19)2)23(30)14-18-6-8-21(22(13-18)24(25,26)27)16-29-11-9-28(3)10-12-29;1-15-3-5-18(12-20(15)26)21(29)13-17-6-4-16(11-19(17)22(23,24)25)14-28-9-7-27(2)8-10-28;8-7-9-5-6-3-1-2-4-10(6)7;1-3-2/h3-9,12,17,19-20H,13-16,18,21H2,1-2H3;1,5-8,13,15H,9-12,14,16H2,2-3H3;3-6,11-12H,7-10,13-14H2,1-2H3;1-5H;1H,2H3. The van der Waals surface area contributed by atoms with Crippen molar-refractivity contribution in [1.82, 2.24) is 48.2 Å². The summed E-state index contributed by atoms with van der Waals surface area (Å²) in [6.45, 7) is 18.1. The first-order chi connectivity index (χ1) is 52.8. The van der Waals surface area contributed by atoms with Crippen LogP contribution in [0, 0.1) is 60.9 Å². The molecule has 3 aliphatic heterocycles. The van der Waals surface area contributed by atoms with Gasteiger partial charge in [-0.3, -0.25) is 37.9 Å². The van der Waals surface area contributed by atoms with Gasteiger partial charge in [0, 0.05) is 161 Å². The first kappa shape index (κ1) is 85.7. The Labute approximate surface area is 665 Å². The number of alkyl halides is 9. The predicted molar refractivity (Wildman–Crippen MR) is 430 cm³/mol. The number of carbonyl (C=O) groups is 3. The maximum Gasteiger partial charge on any atom is 0.416 e. The third-order valence-corrected chi connectivity index (χ3v) is 21.2. The topological polar surface area (TPSA) is 105 Å². The second-order valence-electron chi connectivity index (χ2n) is 27.8. The number of carbonyl (C=O) groups excluding carboxylic acids is 3. The average molecular weight is 1700 g/mol. The molecule has 3 saturated heterocycles. The van der Waals surface area contributed by atoms with Gasteiger partial charge in [0.15, 0.2) is 22.1 Å². The molecule has 24 heteroatoms. The average Bonchev–Trinajstić information content (AvgIpc) is 1.29. The number of piperazine rings is 3. The van der Waals surface area contributed by atoms with Crippen molar-refractivity contribution >= 4 is 67.0 Å². The minimum Gasteiger partial charge on any atom is -0.304 e. The van der Waals surface area contributed by atoms with Gasteiger partial charge in [-0.2, -0.15) is 39.5 Å². The molecule has 0 N–H and O–H groups in total. The fourth-order valence-electron chi connectivity index (χ4n) is 12.7. The lowest BCUT2D eigenvalue weighted by Gasteiger charge is -2.33. The summed E-state index contributed by atoms with van der Waals surface area (Å²) in [6, 6.07) is 40.0. The largest absolute Gasteiger partial charge is 0.416 e. The van der Waals surface area contributed by atoms with Crippen molar-refractivity contribution in [2.45, 2.75) is 85.1 Å². The minimum atomic E-state index is -4.49. The number of imidazole rings is 2. The molecule has 580 valence electrons. The molecule has 0 aliphatic carbocycles. The second kappa shape index (κ2) is 39.3. The summed E-state index contributed by atoms with van der Waals surface area (Å²) < 4.78 is 130. The Balaban J connectivity index is 0.000000178. The highest BCUT2D eigenvalue weighted by molar-refractivity contribution is 14.1. The maximum atomic E-state index is 14.0. The second-order valence-corrected chi connectivity index (χ2v) is 29.7. The molecular weight excluding hydrogens is 1610 g/mol. The zero-order valence-corrected chi connectivity index (χ0v) is 66.6. The van der Waals surface area contributed by atoms with Gasteiger partial charge in [-0.1, -0.05) is 96.8 Å². The van der Waals surface area contributed by atoms with Crippen molar-refractivity contribution in [3.05, 3.63) is 279 Å². The molecule has 0 amide bonds. The van der Waals surface area contributed by atoms with E-state index in [1.807, 2.05) is 128 Å². The van der Waals surface area contributed by atoms with Crippen molar-refractivity contribution in [3.8, 4) is 36.5 Å². The number of Topliss-reactive ketones (excluding diaryl/α,β-unsaturated/α-hetero) is 3. The Kier molecular flexibility index (Phi) is 30.3. The van der Waals surface area contributed by atoms with E-state index < -0.39 is 35.2 Å². The molecule has 0 radical (unpaired) electrons. The number of pyridine rings is 2. The van der Waals surface area contributed by atoms with Crippen LogP contribution in [0.2, 0.25) is 0 Å². The fourth-order valence-corrected chi connectivity index (χ4v) is 13.7. The number of terminal acetylenes is 2. The Bertz CT molecular complexity index is 5060. The van der Waals surface area contributed by atoms with Crippen molar-refractivity contribution < 1.29 is 53.9 Å². The number of aromatic nitrogens is 4. The molecular formula is C87H87BrF9IN10O3. The predicted octanol–water partition coefficient (Wildman–Crippen LogP) is 16.9. The van der Waals surface area contributed by atoms with Gasteiger partial charge in [0.05, 0.1) is 34.6 Å². The Morgan fingerprint density at radius 1 is 0.459 bits per heavy atom. The SMILES string of the molecule is Brc1ncc2ccccn12.C#CC.C#Cc1cc(C(=O)Cc2ccc(CN3CCN(C)CC3)c(C(F)(F)F)c2)ccc1C.Cc1ccc(C(=O)Cc2ccc(CN3CCN(C)CC3)c(C(F)(F)F)c2)cc1C#Cc1cnc2ccccn12.Cc1ccc(C(=O)Cc2ccc(CN3CCN(C)CC3)cc2C(F)(F)F)cc1I. The summed E-state index contributed by atoms with van der Waals surface area (Å²) in [4.78, 5) is 59.5. The van der Waals surface area contributed by atoms with Crippen LogP contribution in [-0.2, 0) is 57.4 Å². The van der Waals surface area contributed by atoms with Gasteiger partial charge in [0.1, 0.15) is 11.3 Å². The van der Waals surface area contributed by atoms with Gasteiger partial charge in [0.2, 0.25) is 0 Å². The summed E-state index contributed by atoms with van der Waals surface area (Å²) >= 11 is 5.44. The van der Waals surface area contributed by atoms with Crippen LogP contribution in [0.15, 0.2) is 175 Å². The van der Waals surface area contributed by atoms with E-state index in [0.29, 0.717) is 51.1 Å². The number of aryl methyl sites for hydroxylation is 3. The molecule has 0 saturated carbocycles. The van der Waals surface area contributed by atoms with Crippen molar-refractivity contribution in [2.24, 2.45) is 0 Å². The van der Waals surface area contributed by atoms with Crippen LogP contribution in [0.1, 0.15) is 122 Å². The Morgan fingerprint density at radius 3 is 1.36 bits per heavy atom. The number of hydrogen-bond acceptors (Lipinski definition) is 11. The van der Waals surface area contributed by atoms with E-state index in [0.717, 1.165) is 133 Å². The lowest BCUT2D eigenvalue weighted by atomic mass is 9.96. The number of benzene rings is 6. The monoisotopic (exact) mass is 1700 g/mol. The van der Waals surface area contributed by atoms with Crippen LogP contribution in [0.25, 0.3) is 11.2 Å². The van der Waals surface area contributed by atoms with Crippen LogP contribution in [0.3, 0.4) is 0 Å². The van der Waals surface area contributed by atoms with E-state index in [1.54, 1.807) is 73.8 Å². The molecule has 0 bridgehead atoms. The van der Waals surface area contributed by atoms with Crippen LogP contribution >= 0.6 is 38.5 Å². The summed E-state index contributed by atoms with van der Waals surface area (Å²) in [6.07, 6.45) is 3.46. The van der Waals surface area contributed by atoms with Crippen molar-refractivity contribution in [3.63, 3.8) is 0 Å². The van der Waals surface area contributed by atoms with Gasteiger partial charge in [-0.05, 0) is 204 Å². The quantitative estimate of drug-likeness (QED) is 0.0424. The molecule has 4 aromatic heterocycles. The Hall–Kier alpha value is -9.27. The molecule has 0 unspecified atom stereocenters. The van der Waals surface area contributed by atoms with E-state index in [-0.39, 0.29) is 66.4 Å². The molecule has 10 aromatic rings. The number of ketones is 3. The van der Waals surface area contributed by atoms with Gasteiger partial charge in [0.25, 0.3) is 0 Å². The number of fused-ring (bicyclic) bond motifs is 2. The normalized spacial score (nSPS) is 14.7. The zero-order valence-electron chi connectivity index (χ0n) is 62.9. The van der Waals surface area contributed by atoms with Crippen molar-refractivity contribution in [1.29, 1.82) is 0 Å². The summed E-state index contributed by atoms with van der Waals surface area (Å²) in [5.74, 6) is 10.2. The van der Waals surface area contributed by atoms with Gasteiger partial charge >= 0.3 is 18.5 Å². The number of rotatable bonds is 15. The van der Waals surface area contributed by atoms with E-state index in [1.165, 1.54) is 24.3 Å². The highest BCUT2D eigenvalue weighted by atomic mass is 127. The van der Waals surface area contributed by atoms with Crippen LogP contribution < -0.4 is 0 Å². The number of likely N-dealkylation sites (N-methyl/N-ethyl adjacent to an activating group) is 3. The lowest BCUT2D eigenvalue weighted by Crippen LogP contribution is -2.44. The van der Waals surface area contributed by atoms with E-state index in [2.05, 4.69) is 98.2 Å². The van der Waals surface area contributed by atoms with E-state index >= 15 is 0 Å². The highest BCUT2D eigenvalue weighted by Crippen LogP contribution is 2.37. The zero-order chi connectivity index (χ0) is 80.3. The van der Waals surface area contributed by atoms with E-state index in [4.69, 9.17) is 6.42 Å². The summed E-state index contributed by atoms with van der Waals surface area (Å²) in [5.41, 5.74) is 7.76. The molecule has 3 aliphatic rings. The third kappa shape index (κ3) is 24.6. The number of nitrogens with zero attached hydrogens (tertiary/aromatic N) is 10. The van der Waals surface area contributed by atoms with E-state index in [9.17, 15) is 53.9 Å². The summed E-state index contributed by atoms with van der Waals surface area (Å²) in [7, 11) is 6.06. The van der Waals surface area contributed by atoms with Gasteiger partial charge < -0.3 is 14.7 Å². The number of hydrogen-bond donors (Lipinski definition) is 0. The molecule has 6 aromatic carbocycles.